The molecule has 0 bridgehead atoms. The van der Waals surface area contributed by atoms with Gasteiger partial charge in [0.2, 0.25) is 0 Å². The summed E-state index contributed by atoms with van der Waals surface area (Å²) in [4.78, 5) is 13.9. The largest absolute Gasteiger partial charge is 0.388 e. The van der Waals surface area contributed by atoms with Crippen LogP contribution in [-0.2, 0) is 0 Å². The molecule has 1 aliphatic heterocycles. The monoisotopic (exact) mass is 268 g/mol. The van der Waals surface area contributed by atoms with Gasteiger partial charge in [-0.25, -0.2) is 0 Å². The summed E-state index contributed by atoms with van der Waals surface area (Å²) in [5, 5.41) is 23.9. The standard InChI is InChI=1S/C13H20N2O4/c1-4-13(18)5-6-15(7-10(13)16)12(17)11-8(2)14-19-9(11)3/h10,16,18H,4-7H2,1-3H3/t10-,13-/m1/s1. The molecule has 1 aromatic rings. The predicted molar refractivity (Wildman–Crippen MR) is 67.7 cm³/mol. The second kappa shape index (κ2) is 4.94. The van der Waals surface area contributed by atoms with Crippen molar-refractivity contribution in [1.29, 1.82) is 0 Å². The zero-order valence-electron chi connectivity index (χ0n) is 11.5. The molecule has 0 radical (unpaired) electrons. The molecule has 0 spiro atoms. The first kappa shape index (κ1) is 14.0. The van der Waals surface area contributed by atoms with E-state index in [2.05, 4.69) is 5.16 Å². The van der Waals surface area contributed by atoms with Crippen molar-refractivity contribution in [2.45, 2.75) is 45.3 Å². The van der Waals surface area contributed by atoms with Crippen LogP contribution in [0.1, 0.15) is 41.6 Å². The molecule has 1 amide bonds. The topological polar surface area (TPSA) is 86.8 Å². The molecular weight excluding hydrogens is 248 g/mol. The summed E-state index contributed by atoms with van der Waals surface area (Å²) in [6.07, 6.45) is -0.0722. The minimum absolute atomic E-state index is 0.132. The number of likely N-dealkylation sites (tertiary alicyclic amines) is 1. The number of hydrogen-bond donors (Lipinski definition) is 2. The first-order valence-electron chi connectivity index (χ1n) is 6.51. The molecule has 106 valence electrons. The SMILES string of the molecule is CC[C@@]1(O)CCN(C(=O)c2c(C)noc2C)C[C@H]1O. The average Bonchev–Trinajstić information content (AvgIpc) is 2.72. The second-order valence-corrected chi connectivity index (χ2v) is 5.17. The summed E-state index contributed by atoms with van der Waals surface area (Å²) >= 11 is 0. The van der Waals surface area contributed by atoms with E-state index in [0.29, 0.717) is 36.4 Å². The third-order valence-electron chi connectivity index (χ3n) is 3.97. The highest BCUT2D eigenvalue weighted by Crippen LogP contribution is 2.27. The minimum Gasteiger partial charge on any atom is -0.388 e. The van der Waals surface area contributed by atoms with Crippen LogP contribution in [0.15, 0.2) is 4.52 Å². The number of piperidine rings is 1. The first-order chi connectivity index (χ1) is 8.89. The highest BCUT2D eigenvalue weighted by atomic mass is 16.5. The molecule has 0 unspecified atom stereocenters. The summed E-state index contributed by atoms with van der Waals surface area (Å²) in [7, 11) is 0. The molecule has 6 nitrogen and oxygen atoms in total. The zero-order chi connectivity index (χ0) is 14.2. The first-order valence-corrected chi connectivity index (χ1v) is 6.51. The van der Waals surface area contributed by atoms with Crippen molar-refractivity contribution in [3.05, 3.63) is 17.0 Å². The number of rotatable bonds is 2. The lowest BCUT2D eigenvalue weighted by Crippen LogP contribution is -2.56. The summed E-state index contributed by atoms with van der Waals surface area (Å²) < 4.78 is 4.99. The Morgan fingerprint density at radius 2 is 2.26 bits per heavy atom. The van der Waals surface area contributed by atoms with E-state index in [9.17, 15) is 15.0 Å². The molecule has 0 aliphatic carbocycles. The van der Waals surface area contributed by atoms with Crippen molar-refractivity contribution >= 4 is 5.91 Å². The maximum absolute atomic E-state index is 12.4. The van der Waals surface area contributed by atoms with Gasteiger partial charge in [-0.2, -0.15) is 0 Å². The third kappa shape index (κ3) is 2.37. The Hall–Kier alpha value is -1.40. The molecule has 1 aliphatic rings. The Balaban J connectivity index is 2.15. The van der Waals surface area contributed by atoms with Gasteiger partial charge in [-0.05, 0) is 26.7 Å². The van der Waals surface area contributed by atoms with Crippen molar-refractivity contribution < 1.29 is 19.5 Å². The number of aryl methyl sites for hydroxylation is 2. The Morgan fingerprint density at radius 3 is 2.74 bits per heavy atom. The van der Waals surface area contributed by atoms with Gasteiger partial charge in [0, 0.05) is 13.1 Å². The Morgan fingerprint density at radius 1 is 1.58 bits per heavy atom. The number of aromatic nitrogens is 1. The summed E-state index contributed by atoms with van der Waals surface area (Å²) in [6.45, 7) is 5.79. The van der Waals surface area contributed by atoms with Crippen LogP contribution in [0.25, 0.3) is 0 Å². The Bertz CT molecular complexity index is 465. The van der Waals surface area contributed by atoms with Gasteiger partial charge < -0.3 is 19.6 Å². The van der Waals surface area contributed by atoms with E-state index in [0.717, 1.165) is 0 Å². The highest BCUT2D eigenvalue weighted by Gasteiger charge is 2.41. The fourth-order valence-electron chi connectivity index (χ4n) is 2.51. The van der Waals surface area contributed by atoms with Gasteiger partial charge in [-0.1, -0.05) is 12.1 Å². The molecule has 0 aromatic carbocycles. The van der Waals surface area contributed by atoms with Crippen LogP contribution in [0.3, 0.4) is 0 Å². The molecule has 2 heterocycles. The quantitative estimate of drug-likeness (QED) is 0.822. The van der Waals surface area contributed by atoms with Gasteiger partial charge in [0.15, 0.2) is 0 Å². The average molecular weight is 268 g/mol. The second-order valence-electron chi connectivity index (χ2n) is 5.17. The number of aliphatic hydroxyl groups is 2. The molecule has 1 saturated heterocycles. The minimum atomic E-state index is -1.09. The summed E-state index contributed by atoms with van der Waals surface area (Å²) in [5.74, 6) is 0.279. The summed E-state index contributed by atoms with van der Waals surface area (Å²) in [6, 6.07) is 0. The van der Waals surface area contributed by atoms with E-state index in [1.807, 2.05) is 6.92 Å². The smallest absolute Gasteiger partial charge is 0.259 e. The van der Waals surface area contributed by atoms with E-state index in [4.69, 9.17) is 4.52 Å². The number of hydrogen-bond acceptors (Lipinski definition) is 5. The molecule has 6 heteroatoms. The van der Waals surface area contributed by atoms with Crippen molar-refractivity contribution in [3.8, 4) is 0 Å². The Labute approximate surface area is 112 Å². The van der Waals surface area contributed by atoms with Crippen LogP contribution < -0.4 is 0 Å². The van der Waals surface area contributed by atoms with Crippen molar-refractivity contribution in [3.63, 3.8) is 0 Å². The van der Waals surface area contributed by atoms with E-state index < -0.39 is 11.7 Å². The van der Waals surface area contributed by atoms with Gasteiger partial charge in [-0.15, -0.1) is 0 Å². The van der Waals surface area contributed by atoms with E-state index >= 15 is 0 Å². The van der Waals surface area contributed by atoms with E-state index in [-0.39, 0.29) is 12.5 Å². The lowest BCUT2D eigenvalue weighted by atomic mass is 9.86. The van der Waals surface area contributed by atoms with Crippen molar-refractivity contribution in [2.75, 3.05) is 13.1 Å². The fraction of sp³-hybridized carbons (Fsp3) is 0.692. The predicted octanol–water partition coefficient (Wildman–Crippen LogP) is 0.639. The number of nitrogens with zero attached hydrogens (tertiary/aromatic N) is 2. The highest BCUT2D eigenvalue weighted by molar-refractivity contribution is 5.96. The van der Waals surface area contributed by atoms with Crippen LogP contribution in [-0.4, -0.2) is 51.0 Å². The molecular formula is C13H20N2O4. The van der Waals surface area contributed by atoms with Crippen LogP contribution in [0.4, 0.5) is 0 Å². The number of β-amino-alcohol motifs (C(OH)–C–C–N with tert-alkyl or cyclic N) is 1. The van der Waals surface area contributed by atoms with Crippen LogP contribution in [0.2, 0.25) is 0 Å². The van der Waals surface area contributed by atoms with Gasteiger partial charge in [0.25, 0.3) is 5.91 Å². The van der Waals surface area contributed by atoms with Crippen LogP contribution in [0.5, 0.6) is 0 Å². The molecule has 2 atom stereocenters. The van der Waals surface area contributed by atoms with Gasteiger partial charge in [-0.3, -0.25) is 4.79 Å². The third-order valence-corrected chi connectivity index (χ3v) is 3.97. The van der Waals surface area contributed by atoms with Crippen molar-refractivity contribution in [2.24, 2.45) is 0 Å². The number of aliphatic hydroxyl groups excluding tert-OH is 1. The molecule has 1 fully saturated rings. The molecule has 19 heavy (non-hydrogen) atoms. The van der Waals surface area contributed by atoms with Crippen molar-refractivity contribution in [1.82, 2.24) is 10.1 Å². The molecule has 2 rings (SSSR count). The fourth-order valence-corrected chi connectivity index (χ4v) is 2.51. The maximum Gasteiger partial charge on any atom is 0.259 e. The van der Waals surface area contributed by atoms with Crippen LogP contribution >= 0.6 is 0 Å². The van der Waals surface area contributed by atoms with Gasteiger partial charge >= 0.3 is 0 Å². The number of amides is 1. The molecule has 1 aromatic heterocycles. The van der Waals surface area contributed by atoms with Gasteiger partial charge in [0.05, 0.1) is 11.3 Å². The van der Waals surface area contributed by atoms with E-state index in [1.165, 1.54) is 0 Å². The maximum atomic E-state index is 12.4. The lowest BCUT2D eigenvalue weighted by molar-refractivity contribution is -0.114. The molecule has 0 saturated carbocycles. The number of carbonyl (C=O) groups excluding carboxylic acids is 1. The zero-order valence-corrected chi connectivity index (χ0v) is 11.5. The normalized spacial score (nSPS) is 27.6. The number of carbonyl (C=O) groups is 1. The molecule has 2 N–H and O–H groups in total. The van der Waals surface area contributed by atoms with E-state index in [1.54, 1.807) is 18.7 Å². The lowest BCUT2D eigenvalue weighted by Gasteiger charge is -2.41. The van der Waals surface area contributed by atoms with Gasteiger partial charge in [0.1, 0.15) is 17.4 Å². The van der Waals surface area contributed by atoms with Crippen LogP contribution in [0, 0.1) is 13.8 Å². The summed E-state index contributed by atoms with van der Waals surface area (Å²) in [5.41, 5.74) is -0.0855. The Kier molecular flexibility index (Phi) is 3.64.